The number of anilines is 2. The van der Waals surface area contributed by atoms with E-state index in [0.717, 1.165) is 18.4 Å². The van der Waals surface area contributed by atoms with Crippen molar-refractivity contribution < 1.29 is 9.53 Å². The Morgan fingerprint density at radius 3 is 2.76 bits per heavy atom. The Morgan fingerprint density at radius 2 is 2.14 bits per heavy atom. The number of nitrogens with one attached hydrogen (secondary N) is 2. The number of nitrogens with two attached hydrogens (primary N) is 1. The van der Waals surface area contributed by atoms with Gasteiger partial charge in [0, 0.05) is 25.6 Å². The van der Waals surface area contributed by atoms with E-state index in [9.17, 15) is 4.79 Å². The quantitative estimate of drug-likeness (QED) is 0.615. The van der Waals surface area contributed by atoms with Crippen LogP contribution in [-0.4, -0.2) is 42.2 Å². The summed E-state index contributed by atoms with van der Waals surface area (Å²) in [6.45, 7) is 6.63. The molecule has 1 aromatic heterocycles. The molecule has 1 heterocycles. The number of methoxy groups -OCH3 is 1. The molecule has 0 bridgehead atoms. The van der Waals surface area contributed by atoms with E-state index in [1.807, 2.05) is 6.92 Å². The molecule has 4 N–H and O–H groups in total. The summed E-state index contributed by atoms with van der Waals surface area (Å²) >= 11 is 0. The Hall–Kier alpha value is -1.89. The van der Waals surface area contributed by atoms with Crippen LogP contribution in [0.4, 0.5) is 11.6 Å². The number of carbonyl (C=O) groups is 1. The first kappa shape index (κ1) is 17.2. The third-order valence-corrected chi connectivity index (χ3v) is 3.06. The van der Waals surface area contributed by atoms with Crippen LogP contribution in [0.1, 0.15) is 31.7 Å². The van der Waals surface area contributed by atoms with Gasteiger partial charge < -0.3 is 21.1 Å². The van der Waals surface area contributed by atoms with Gasteiger partial charge in [0.2, 0.25) is 5.91 Å². The molecular formula is C14H25N5O2. The number of nitrogen functional groups attached to an aromatic ring is 1. The van der Waals surface area contributed by atoms with Crippen molar-refractivity contribution in [2.45, 2.75) is 39.7 Å². The number of amides is 1. The second-order valence-electron chi connectivity index (χ2n) is 4.90. The summed E-state index contributed by atoms with van der Waals surface area (Å²) in [5, 5.41) is 5.87. The largest absolute Gasteiger partial charge is 0.383 e. The highest BCUT2D eigenvalue weighted by Crippen LogP contribution is 2.18. The normalized spacial score (nSPS) is 12.0. The van der Waals surface area contributed by atoms with E-state index in [0.29, 0.717) is 30.6 Å². The molecule has 0 spiro atoms. The van der Waals surface area contributed by atoms with Gasteiger partial charge in [-0.3, -0.25) is 4.79 Å². The van der Waals surface area contributed by atoms with Gasteiger partial charge in [0.05, 0.1) is 6.61 Å². The SMILES string of the molecule is CCCc1nc(N)c(C)c(NC(C)C(=O)NCCOC)n1. The van der Waals surface area contributed by atoms with Crippen LogP contribution in [0.15, 0.2) is 0 Å². The van der Waals surface area contributed by atoms with Crippen LogP contribution in [0.5, 0.6) is 0 Å². The van der Waals surface area contributed by atoms with E-state index in [1.165, 1.54) is 0 Å². The van der Waals surface area contributed by atoms with Gasteiger partial charge in [-0.05, 0) is 20.3 Å². The molecule has 0 saturated heterocycles. The number of hydrogen-bond donors (Lipinski definition) is 3. The lowest BCUT2D eigenvalue weighted by Crippen LogP contribution is -2.39. The number of nitrogens with zero attached hydrogens (tertiary/aromatic N) is 2. The fourth-order valence-electron chi connectivity index (χ4n) is 1.76. The van der Waals surface area contributed by atoms with Crippen molar-refractivity contribution in [3.8, 4) is 0 Å². The summed E-state index contributed by atoms with van der Waals surface area (Å²) in [5.41, 5.74) is 6.65. The lowest BCUT2D eigenvalue weighted by Gasteiger charge is -2.17. The number of aryl methyl sites for hydroxylation is 1. The molecule has 0 fully saturated rings. The maximum Gasteiger partial charge on any atom is 0.242 e. The van der Waals surface area contributed by atoms with E-state index >= 15 is 0 Å². The summed E-state index contributed by atoms with van der Waals surface area (Å²) in [4.78, 5) is 20.6. The van der Waals surface area contributed by atoms with Gasteiger partial charge >= 0.3 is 0 Å². The Labute approximate surface area is 125 Å². The van der Waals surface area contributed by atoms with Gasteiger partial charge in [-0.15, -0.1) is 0 Å². The minimum absolute atomic E-state index is 0.110. The maximum absolute atomic E-state index is 11.9. The Bertz CT molecular complexity index is 479. The zero-order valence-corrected chi connectivity index (χ0v) is 13.2. The molecule has 21 heavy (non-hydrogen) atoms. The average Bonchev–Trinajstić information content (AvgIpc) is 2.44. The molecule has 1 aromatic rings. The van der Waals surface area contributed by atoms with Gasteiger partial charge in [-0.1, -0.05) is 6.92 Å². The molecule has 0 aliphatic carbocycles. The summed E-state index contributed by atoms with van der Waals surface area (Å²) in [6, 6.07) is -0.413. The predicted molar refractivity (Wildman–Crippen MR) is 83.1 cm³/mol. The van der Waals surface area contributed by atoms with Gasteiger partial charge in [-0.25, -0.2) is 9.97 Å². The van der Waals surface area contributed by atoms with Gasteiger partial charge in [0.15, 0.2) is 0 Å². The Balaban J connectivity index is 2.74. The highest BCUT2D eigenvalue weighted by molar-refractivity contribution is 5.84. The van der Waals surface area contributed by atoms with Crippen molar-refractivity contribution in [3.05, 3.63) is 11.4 Å². The van der Waals surface area contributed by atoms with Crippen LogP contribution in [-0.2, 0) is 16.0 Å². The highest BCUT2D eigenvalue weighted by atomic mass is 16.5. The first-order valence-corrected chi connectivity index (χ1v) is 7.15. The molecule has 118 valence electrons. The lowest BCUT2D eigenvalue weighted by atomic mass is 10.2. The first-order valence-electron chi connectivity index (χ1n) is 7.15. The Morgan fingerprint density at radius 1 is 1.43 bits per heavy atom. The molecule has 1 unspecified atom stereocenters. The summed E-state index contributed by atoms with van der Waals surface area (Å²) in [5.74, 6) is 1.64. The van der Waals surface area contributed by atoms with E-state index in [2.05, 4.69) is 27.5 Å². The van der Waals surface area contributed by atoms with Crippen LogP contribution in [0.3, 0.4) is 0 Å². The molecule has 7 nitrogen and oxygen atoms in total. The summed E-state index contributed by atoms with van der Waals surface area (Å²) < 4.78 is 4.90. The fourth-order valence-corrected chi connectivity index (χ4v) is 1.76. The molecule has 7 heteroatoms. The molecule has 0 aliphatic heterocycles. The van der Waals surface area contributed by atoms with Crippen molar-refractivity contribution in [1.82, 2.24) is 15.3 Å². The third-order valence-electron chi connectivity index (χ3n) is 3.06. The minimum atomic E-state index is -0.413. The maximum atomic E-state index is 11.9. The van der Waals surface area contributed by atoms with Crippen molar-refractivity contribution in [1.29, 1.82) is 0 Å². The van der Waals surface area contributed by atoms with Gasteiger partial charge in [0.1, 0.15) is 23.5 Å². The van der Waals surface area contributed by atoms with E-state index in [4.69, 9.17) is 10.5 Å². The number of rotatable bonds is 8. The van der Waals surface area contributed by atoms with Crippen LogP contribution < -0.4 is 16.4 Å². The topological polar surface area (TPSA) is 102 Å². The van der Waals surface area contributed by atoms with Crippen molar-refractivity contribution in [2.75, 3.05) is 31.3 Å². The molecular weight excluding hydrogens is 270 g/mol. The third kappa shape index (κ3) is 5.18. The standard InChI is InChI=1S/C14H25N5O2/c1-5-6-11-18-12(15)9(2)13(19-11)17-10(3)14(20)16-7-8-21-4/h10H,5-8H2,1-4H3,(H,16,20)(H3,15,17,18,19). The molecule has 1 amide bonds. The average molecular weight is 295 g/mol. The van der Waals surface area contributed by atoms with Gasteiger partial charge in [-0.2, -0.15) is 0 Å². The second kappa shape index (κ2) is 8.41. The molecule has 0 radical (unpaired) electrons. The van der Waals surface area contributed by atoms with Crippen LogP contribution in [0.25, 0.3) is 0 Å². The number of hydrogen-bond acceptors (Lipinski definition) is 6. The molecule has 1 rings (SSSR count). The molecule has 0 saturated carbocycles. The van der Waals surface area contributed by atoms with E-state index in [-0.39, 0.29) is 5.91 Å². The predicted octanol–water partition coefficient (Wildman–Crippen LogP) is 0.883. The van der Waals surface area contributed by atoms with Crippen molar-refractivity contribution in [3.63, 3.8) is 0 Å². The monoisotopic (exact) mass is 295 g/mol. The first-order chi connectivity index (χ1) is 9.99. The zero-order chi connectivity index (χ0) is 15.8. The number of aromatic nitrogens is 2. The van der Waals surface area contributed by atoms with E-state index < -0.39 is 6.04 Å². The summed E-state index contributed by atoms with van der Waals surface area (Å²) in [7, 11) is 1.59. The zero-order valence-electron chi connectivity index (χ0n) is 13.2. The highest BCUT2D eigenvalue weighted by Gasteiger charge is 2.16. The van der Waals surface area contributed by atoms with Crippen LogP contribution >= 0.6 is 0 Å². The van der Waals surface area contributed by atoms with Crippen molar-refractivity contribution in [2.24, 2.45) is 0 Å². The lowest BCUT2D eigenvalue weighted by molar-refractivity contribution is -0.121. The van der Waals surface area contributed by atoms with Crippen LogP contribution in [0.2, 0.25) is 0 Å². The Kier molecular flexibility index (Phi) is 6.87. The summed E-state index contributed by atoms with van der Waals surface area (Å²) in [6.07, 6.45) is 1.70. The second-order valence-corrected chi connectivity index (χ2v) is 4.90. The minimum Gasteiger partial charge on any atom is -0.383 e. The number of carbonyl (C=O) groups excluding carboxylic acids is 1. The molecule has 1 atom stereocenters. The smallest absolute Gasteiger partial charge is 0.242 e. The number of ether oxygens (including phenoxy) is 1. The molecule has 0 aliphatic rings. The van der Waals surface area contributed by atoms with Gasteiger partial charge in [0.25, 0.3) is 0 Å². The van der Waals surface area contributed by atoms with E-state index in [1.54, 1.807) is 14.0 Å². The van der Waals surface area contributed by atoms with Crippen LogP contribution in [0, 0.1) is 6.92 Å². The van der Waals surface area contributed by atoms with Crippen molar-refractivity contribution >= 4 is 17.5 Å². The fraction of sp³-hybridized carbons (Fsp3) is 0.643. The molecule has 0 aromatic carbocycles.